The highest BCUT2D eigenvalue weighted by atomic mass is 32.1. The van der Waals surface area contributed by atoms with E-state index in [1.54, 1.807) is 41.7 Å². The van der Waals surface area contributed by atoms with Gasteiger partial charge in [-0.3, -0.25) is 4.79 Å². The zero-order chi connectivity index (χ0) is 21.3. The number of amides is 1. The first-order chi connectivity index (χ1) is 14.6. The van der Waals surface area contributed by atoms with E-state index in [2.05, 4.69) is 22.8 Å². The number of rotatable bonds is 9. The Morgan fingerprint density at radius 3 is 2.63 bits per heavy atom. The first-order valence-corrected chi connectivity index (χ1v) is 10.4. The quantitative estimate of drug-likeness (QED) is 0.528. The smallest absolute Gasteiger partial charge is 0.242 e. The molecular weight excluding hydrogens is 398 g/mol. The summed E-state index contributed by atoms with van der Waals surface area (Å²) < 4.78 is 11.1. The van der Waals surface area contributed by atoms with E-state index in [0.717, 1.165) is 12.1 Å². The molecular formula is C23H23N3O3S. The molecule has 1 amide bonds. The molecule has 30 heavy (non-hydrogen) atoms. The largest absolute Gasteiger partial charge is 0.493 e. The Balaban J connectivity index is 1.52. The lowest BCUT2D eigenvalue weighted by atomic mass is 10.2. The molecule has 0 fully saturated rings. The lowest BCUT2D eigenvalue weighted by molar-refractivity contribution is -0.121. The molecule has 1 unspecified atom stereocenters. The van der Waals surface area contributed by atoms with Crippen LogP contribution in [-0.2, 0) is 11.2 Å². The lowest BCUT2D eigenvalue weighted by Gasteiger charge is -2.16. The molecule has 1 heterocycles. The van der Waals surface area contributed by atoms with Crippen LogP contribution in [0, 0.1) is 11.3 Å². The van der Waals surface area contributed by atoms with E-state index in [1.807, 2.05) is 30.5 Å². The van der Waals surface area contributed by atoms with Gasteiger partial charge in [0.2, 0.25) is 5.91 Å². The lowest BCUT2D eigenvalue weighted by Crippen LogP contribution is -2.38. The minimum Gasteiger partial charge on any atom is -0.493 e. The average Bonchev–Trinajstić information content (AvgIpc) is 3.28. The summed E-state index contributed by atoms with van der Waals surface area (Å²) in [5, 5.41) is 17.2. The summed E-state index contributed by atoms with van der Waals surface area (Å²) in [5.41, 5.74) is 1.32. The first kappa shape index (κ1) is 21.2. The van der Waals surface area contributed by atoms with Crippen molar-refractivity contribution in [3.05, 3.63) is 70.4 Å². The van der Waals surface area contributed by atoms with Gasteiger partial charge in [0.15, 0.2) is 11.5 Å². The van der Waals surface area contributed by atoms with Crippen LogP contribution in [0.4, 0.5) is 5.69 Å². The van der Waals surface area contributed by atoms with E-state index in [1.165, 1.54) is 12.0 Å². The van der Waals surface area contributed by atoms with Gasteiger partial charge in [-0.15, -0.1) is 11.3 Å². The summed E-state index contributed by atoms with van der Waals surface area (Å²) >= 11 is 1.69. The number of benzene rings is 2. The van der Waals surface area contributed by atoms with Gasteiger partial charge in [-0.05, 0) is 61.2 Å². The average molecular weight is 422 g/mol. The number of nitrogens with one attached hydrogen (secondary N) is 2. The van der Waals surface area contributed by atoms with Crippen LogP contribution < -0.4 is 20.1 Å². The number of nitrogens with zero attached hydrogens (tertiary/aromatic N) is 1. The SMILES string of the molecule is COc1cc(C#N)ccc1Oc1ccc(NC(C)C(=O)NCCc2cccs2)cc1. The highest BCUT2D eigenvalue weighted by molar-refractivity contribution is 7.09. The van der Waals surface area contributed by atoms with Gasteiger partial charge in [0.05, 0.1) is 18.7 Å². The zero-order valence-electron chi connectivity index (χ0n) is 16.8. The monoisotopic (exact) mass is 421 g/mol. The van der Waals surface area contributed by atoms with Crippen molar-refractivity contribution < 1.29 is 14.3 Å². The highest BCUT2D eigenvalue weighted by Gasteiger charge is 2.12. The van der Waals surface area contributed by atoms with Crippen molar-refractivity contribution in [1.29, 1.82) is 5.26 Å². The Hall–Kier alpha value is -3.50. The molecule has 1 aromatic heterocycles. The Morgan fingerprint density at radius 1 is 1.17 bits per heavy atom. The second-order valence-electron chi connectivity index (χ2n) is 6.59. The van der Waals surface area contributed by atoms with Crippen molar-refractivity contribution in [2.45, 2.75) is 19.4 Å². The topological polar surface area (TPSA) is 83.4 Å². The maximum absolute atomic E-state index is 12.3. The van der Waals surface area contributed by atoms with Crippen molar-refractivity contribution in [3.8, 4) is 23.3 Å². The fourth-order valence-electron chi connectivity index (χ4n) is 2.80. The third kappa shape index (κ3) is 5.75. The van der Waals surface area contributed by atoms with Crippen LogP contribution >= 0.6 is 11.3 Å². The normalized spacial score (nSPS) is 11.2. The molecule has 0 aliphatic rings. The van der Waals surface area contributed by atoms with Gasteiger partial charge in [-0.1, -0.05) is 6.07 Å². The molecule has 1 atom stereocenters. The number of carbonyl (C=O) groups excluding carboxylic acids is 1. The van der Waals surface area contributed by atoms with Crippen molar-refractivity contribution in [2.24, 2.45) is 0 Å². The van der Waals surface area contributed by atoms with Crippen LogP contribution in [0.5, 0.6) is 17.2 Å². The second kappa shape index (κ2) is 10.3. The molecule has 0 aliphatic carbocycles. The van der Waals surface area contributed by atoms with Gasteiger partial charge in [0.25, 0.3) is 0 Å². The zero-order valence-corrected chi connectivity index (χ0v) is 17.7. The van der Waals surface area contributed by atoms with E-state index < -0.39 is 0 Å². The molecule has 7 heteroatoms. The summed E-state index contributed by atoms with van der Waals surface area (Å²) in [5.74, 6) is 1.59. The molecule has 0 saturated heterocycles. The van der Waals surface area contributed by atoms with E-state index in [9.17, 15) is 4.79 Å². The summed E-state index contributed by atoms with van der Waals surface area (Å²) in [4.78, 5) is 13.5. The van der Waals surface area contributed by atoms with Crippen LogP contribution in [0.1, 0.15) is 17.4 Å². The van der Waals surface area contributed by atoms with E-state index >= 15 is 0 Å². The Kier molecular flexibility index (Phi) is 7.30. The molecule has 3 rings (SSSR count). The van der Waals surface area contributed by atoms with Gasteiger partial charge >= 0.3 is 0 Å². The highest BCUT2D eigenvalue weighted by Crippen LogP contribution is 2.32. The number of ether oxygens (including phenoxy) is 2. The van der Waals surface area contributed by atoms with Crippen molar-refractivity contribution in [2.75, 3.05) is 19.0 Å². The fraction of sp³-hybridized carbons (Fsp3) is 0.217. The fourth-order valence-corrected chi connectivity index (χ4v) is 3.51. The number of hydrogen-bond acceptors (Lipinski definition) is 6. The summed E-state index contributed by atoms with van der Waals surface area (Å²) in [6, 6.07) is 18.1. The van der Waals surface area contributed by atoms with Gasteiger partial charge < -0.3 is 20.1 Å². The van der Waals surface area contributed by atoms with E-state index in [-0.39, 0.29) is 11.9 Å². The molecule has 0 radical (unpaired) electrons. The molecule has 154 valence electrons. The Bertz CT molecular complexity index is 1010. The minimum absolute atomic E-state index is 0.0470. The molecule has 0 saturated carbocycles. The molecule has 0 bridgehead atoms. The Morgan fingerprint density at radius 2 is 1.97 bits per heavy atom. The van der Waals surface area contributed by atoms with Gasteiger partial charge in [-0.2, -0.15) is 5.26 Å². The van der Waals surface area contributed by atoms with Gasteiger partial charge in [0.1, 0.15) is 11.8 Å². The van der Waals surface area contributed by atoms with Crippen molar-refractivity contribution in [1.82, 2.24) is 5.32 Å². The second-order valence-corrected chi connectivity index (χ2v) is 7.62. The molecule has 0 spiro atoms. The van der Waals surface area contributed by atoms with Crippen molar-refractivity contribution >= 4 is 22.9 Å². The number of anilines is 1. The summed E-state index contributed by atoms with van der Waals surface area (Å²) in [6.45, 7) is 2.44. The maximum atomic E-state index is 12.3. The van der Waals surface area contributed by atoms with Gasteiger partial charge in [-0.25, -0.2) is 0 Å². The van der Waals surface area contributed by atoms with E-state index in [0.29, 0.717) is 29.4 Å². The van der Waals surface area contributed by atoms with Crippen LogP contribution in [0.3, 0.4) is 0 Å². The summed E-state index contributed by atoms with van der Waals surface area (Å²) in [6.07, 6.45) is 0.834. The van der Waals surface area contributed by atoms with Crippen LogP contribution in [0.15, 0.2) is 60.0 Å². The molecule has 2 N–H and O–H groups in total. The minimum atomic E-state index is -0.362. The molecule has 0 aliphatic heterocycles. The number of methoxy groups -OCH3 is 1. The number of carbonyl (C=O) groups is 1. The molecule has 6 nitrogen and oxygen atoms in total. The number of hydrogen-bond donors (Lipinski definition) is 2. The van der Waals surface area contributed by atoms with Crippen LogP contribution in [0.25, 0.3) is 0 Å². The molecule has 3 aromatic rings. The first-order valence-electron chi connectivity index (χ1n) is 9.51. The predicted octanol–water partition coefficient (Wildman–Crippen LogP) is 4.58. The third-order valence-corrected chi connectivity index (χ3v) is 5.34. The summed E-state index contributed by atoms with van der Waals surface area (Å²) in [7, 11) is 1.53. The standard InChI is InChI=1S/C23H23N3O3S/c1-16(23(27)25-12-11-20-4-3-13-30-20)26-18-6-8-19(9-7-18)29-21-10-5-17(15-24)14-22(21)28-2/h3-10,13-14,16,26H,11-12H2,1-2H3,(H,25,27). The van der Waals surface area contributed by atoms with E-state index in [4.69, 9.17) is 14.7 Å². The van der Waals surface area contributed by atoms with Crippen LogP contribution in [-0.4, -0.2) is 25.6 Å². The number of thiophene rings is 1. The van der Waals surface area contributed by atoms with Crippen LogP contribution in [0.2, 0.25) is 0 Å². The third-order valence-electron chi connectivity index (χ3n) is 4.40. The predicted molar refractivity (Wildman–Crippen MR) is 118 cm³/mol. The number of nitriles is 1. The maximum Gasteiger partial charge on any atom is 0.242 e. The van der Waals surface area contributed by atoms with Crippen molar-refractivity contribution in [3.63, 3.8) is 0 Å². The Labute approximate surface area is 180 Å². The molecule has 2 aromatic carbocycles. The van der Waals surface area contributed by atoms with Gasteiger partial charge in [0, 0.05) is 23.2 Å².